The summed E-state index contributed by atoms with van der Waals surface area (Å²) >= 11 is 0. The molecule has 0 spiro atoms. The topological polar surface area (TPSA) is 132 Å². The molecule has 0 saturated carbocycles. The maximum Gasteiger partial charge on any atom is 0.371 e. The van der Waals surface area contributed by atoms with Crippen LogP contribution in [0, 0.1) is 0 Å². The van der Waals surface area contributed by atoms with E-state index < -0.39 is 12.0 Å². The van der Waals surface area contributed by atoms with Crippen LogP contribution in [-0.4, -0.2) is 37.5 Å². The second-order valence-electron chi connectivity index (χ2n) is 6.29. The highest BCUT2D eigenvalue weighted by molar-refractivity contribution is 5.91. The van der Waals surface area contributed by atoms with Gasteiger partial charge in [0.05, 0.1) is 26.1 Å². The molecular weight excluding hydrogens is 418 g/mol. The number of hydrogen-bond donors (Lipinski definition) is 3. The van der Waals surface area contributed by atoms with Crippen LogP contribution >= 0.6 is 0 Å². The van der Waals surface area contributed by atoms with Gasteiger partial charge in [-0.3, -0.25) is 0 Å². The number of carbonyl (C=O) groups excluding carboxylic acids is 1. The molecule has 2 amide bonds. The molecule has 10 nitrogen and oxygen atoms in total. The van der Waals surface area contributed by atoms with Gasteiger partial charge in [0.1, 0.15) is 18.1 Å². The number of carbonyl (C=O) groups is 2. The van der Waals surface area contributed by atoms with Crippen molar-refractivity contribution in [1.29, 1.82) is 0 Å². The van der Waals surface area contributed by atoms with E-state index in [0.29, 0.717) is 34.3 Å². The molecule has 0 aliphatic heterocycles. The van der Waals surface area contributed by atoms with Crippen molar-refractivity contribution < 1.29 is 33.3 Å². The summed E-state index contributed by atoms with van der Waals surface area (Å²) in [7, 11) is 3.00. The fraction of sp³-hybridized carbons (Fsp3) is 0.136. The predicted octanol–water partition coefficient (Wildman–Crippen LogP) is 3.73. The molecule has 0 aliphatic carbocycles. The number of hydrogen-bond acceptors (Lipinski definition) is 7. The van der Waals surface area contributed by atoms with Gasteiger partial charge >= 0.3 is 12.0 Å². The third-order valence-corrected chi connectivity index (χ3v) is 4.16. The number of benzene rings is 2. The van der Waals surface area contributed by atoms with Crippen LogP contribution in [0.15, 0.2) is 64.1 Å². The zero-order chi connectivity index (χ0) is 22.9. The molecule has 0 saturated heterocycles. The summed E-state index contributed by atoms with van der Waals surface area (Å²) in [6.07, 6.45) is 1.44. The largest absolute Gasteiger partial charge is 0.495 e. The highest BCUT2D eigenvalue weighted by atomic mass is 16.5. The Morgan fingerprint density at radius 3 is 2.53 bits per heavy atom. The molecule has 2 aromatic carbocycles. The molecule has 10 heteroatoms. The summed E-state index contributed by atoms with van der Waals surface area (Å²) in [5.41, 5.74) is 3.54. The number of urea groups is 1. The van der Waals surface area contributed by atoms with Crippen LogP contribution in [0.3, 0.4) is 0 Å². The molecule has 0 unspecified atom stereocenters. The normalized spacial score (nSPS) is 10.6. The van der Waals surface area contributed by atoms with Crippen molar-refractivity contribution >= 4 is 23.9 Å². The van der Waals surface area contributed by atoms with Crippen molar-refractivity contribution in [3.05, 3.63) is 71.7 Å². The minimum absolute atomic E-state index is 0.0295. The summed E-state index contributed by atoms with van der Waals surface area (Å²) in [5.74, 6) is 0.435. The van der Waals surface area contributed by atoms with Gasteiger partial charge in [-0.25, -0.2) is 15.0 Å². The molecule has 0 atom stereocenters. The number of carboxylic acid groups (broad SMARTS) is 1. The Kier molecular flexibility index (Phi) is 7.31. The Bertz CT molecular complexity index is 1120. The number of aromatic carboxylic acids is 1. The van der Waals surface area contributed by atoms with Crippen LogP contribution in [0.1, 0.15) is 21.9 Å². The van der Waals surface area contributed by atoms with E-state index in [-0.39, 0.29) is 12.4 Å². The molecule has 0 bridgehead atoms. The molecule has 1 aromatic heterocycles. The van der Waals surface area contributed by atoms with Gasteiger partial charge in [-0.1, -0.05) is 12.1 Å². The minimum atomic E-state index is -1.15. The van der Waals surface area contributed by atoms with Crippen LogP contribution in [0.4, 0.5) is 10.5 Å². The van der Waals surface area contributed by atoms with Crippen molar-refractivity contribution in [2.24, 2.45) is 5.10 Å². The summed E-state index contributed by atoms with van der Waals surface area (Å²) in [5, 5.41) is 15.5. The molecule has 166 valence electrons. The molecule has 3 aromatic rings. The molecule has 3 N–H and O–H groups in total. The maximum absolute atomic E-state index is 12.0. The Hall–Kier alpha value is -4.47. The molecule has 0 aliphatic rings. The number of nitrogens with zero attached hydrogens (tertiary/aromatic N) is 1. The second kappa shape index (κ2) is 10.5. The molecule has 0 fully saturated rings. The van der Waals surface area contributed by atoms with Crippen molar-refractivity contribution in [1.82, 2.24) is 5.43 Å². The summed E-state index contributed by atoms with van der Waals surface area (Å²) in [6, 6.07) is 14.4. The maximum atomic E-state index is 12.0. The fourth-order valence-electron chi connectivity index (χ4n) is 2.67. The number of nitrogens with one attached hydrogen (secondary N) is 2. The van der Waals surface area contributed by atoms with Crippen molar-refractivity contribution in [3.63, 3.8) is 0 Å². The number of para-hydroxylation sites is 2. The number of methoxy groups -OCH3 is 2. The summed E-state index contributed by atoms with van der Waals surface area (Å²) in [4.78, 5) is 22.9. The van der Waals surface area contributed by atoms with Gasteiger partial charge in [0, 0.05) is 0 Å². The van der Waals surface area contributed by atoms with E-state index in [1.165, 1.54) is 32.6 Å². The Labute approximate surface area is 183 Å². The van der Waals surface area contributed by atoms with Crippen LogP contribution in [0.25, 0.3) is 0 Å². The number of ether oxygens (including phenoxy) is 3. The third-order valence-electron chi connectivity index (χ3n) is 4.16. The standard InChI is InChI=1S/C22H21N3O7/c1-29-17-6-4-3-5-16(17)24-22(28)25-23-12-14-7-9-18(20(11-14)30-2)31-13-15-8-10-19(32-15)21(26)27/h3-12H,13H2,1-2H3,(H,26,27)(H2,24,25,28)/b23-12+. The lowest BCUT2D eigenvalue weighted by atomic mass is 10.2. The van der Waals surface area contributed by atoms with Crippen LogP contribution < -0.4 is 25.0 Å². The first kappa shape index (κ1) is 22.2. The highest BCUT2D eigenvalue weighted by Crippen LogP contribution is 2.28. The average Bonchev–Trinajstić information content (AvgIpc) is 3.28. The number of rotatable bonds is 9. The van der Waals surface area contributed by atoms with Crippen molar-refractivity contribution in [2.45, 2.75) is 6.61 Å². The number of amides is 2. The quantitative estimate of drug-likeness (QED) is 0.342. The first-order valence-electron chi connectivity index (χ1n) is 9.36. The van der Waals surface area contributed by atoms with E-state index in [2.05, 4.69) is 15.8 Å². The van der Waals surface area contributed by atoms with Crippen LogP contribution in [-0.2, 0) is 6.61 Å². The predicted molar refractivity (Wildman–Crippen MR) is 116 cm³/mol. The lowest BCUT2D eigenvalue weighted by Gasteiger charge is -2.10. The monoisotopic (exact) mass is 439 g/mol. The number of carboxylic acids is 1. The van der Waals surface area contributed by atoms with E-state index in [9.17, 15) is 9.59 Å². The molecule has 32 heavy (non-hydrogen) atoms. The molecule has 1 heterocycles. The minimum Gasteiger partial charge on any atom is -0.495 e. The van der Waals surface area contributed by atoms with E-state index >= 15 is 0 Å². The molecule has 0 radical (unpaired) electrons. The zero-order valence-electron chi connectivity index (χ0n) is 17.3. The van der Waals surface area contributed by atoms with Crippen molar-refractivity contribution in [2.75, 3.05) is 19.5 Å². The van der Waals surface area contributed by atoms with E-state index in [1.54, 1.807) is 42.5 Å². The first-order valence-corrected chi connectivity index (χ1v) is 9.36. The smallest absolute Gasteiger partial charge is 0.371 e. The highest BCUT2D eigenvalue weighted by Gasteiger charge is 2.11. The van der Waals surface area contributed by atoms with Crippen LogP contribution in [0.5, 0.6) is 17.2 Å². The Morgan fingerprint density at radius 2 is 1.81 bits per heavy atom. The van der Waals surface area contributed by atoms with Gasteiger partial charge < -0.3 is 29.1 Å². The molecular formula is C22H21N3O7. The fourth-order valence-corrected chi connectivity index (χ4v) is 2.67. The Balaban J connectivity index is 1.58. The van der Waals surface area contributed by atoms with E-state index in [4.69, 9.17) is 23.7 Å². The lowest BCUT2D eigenvalue weighted by Crippen LogP contribution is -2.24. The lowest BCUT2D eigenvalue weighted by molar-refractivity contribution is 0.0658. The van der Waals surface area contributed by atoms with Gasteiger partial charge in [-0.05, 0) is 48.0 Å². The van der Waals surface area contributed by atoms with Gasteiger partial charge in [0.15, 0.2) is 11.5 Å². The van der Waals surface area contributed by atoms with Gasteiger partial charge in [0.25, 0.3) is 0 Å². The number of hydrazone groups is 1. The molecule has 3 rings (SSSR count). The first-order chi connectivity index (χ1) is 15.5. The van der Waals surface area contributed by atoms with Gasteiger partial charge in [0.2, 0.25) is 5.76 Å². The van der Waals surface area contributed by atoms with Gasteiger partial charge in [-0.2, -0.15) is 5.10 Å². The third kappa shape index (κ3) is 5.79. The summed E-state index contributed by atoms with van der Waals surface area (Å²) < 4.78 is 21.3. The Morgan fingerprint density at radius 1 is 1.03 bits per heavy atom. The number of anilines is 1. The average molecular weight is 439 g/mol. The second-order valence-corrected chi connectivity index (χ2v) is 6.29. The van der Waals surface area contributed by atoms with Gasteiger partial charge in [-0.15, -0.1) is 0 Å². The summed E-state index contributed by atoms with van der Waals surface area (Å²) in [6.45, 7) is 0.0295. The zero-order valence-corrected chi connectivity index (χ0v) is 17.3. The number of furan rings is 1. The van der Waals surface area contributed by atoms with E-state index in [1.807, 2.05) is 0 Å². The van der Waals surface area contributed by atoms with E-state index in [0.717, 1.165) is 0 Å². The SMILES string of the molecule is COc1ccccc1NC(=O)N/N=C/c1ccc(OCc2ccc(C(=O)O)o2)c(OC)c1. The van der Waals surface area contributed by atoms with Crippen molar-refractivity contribution in [3.8, 4) is 17.2 Å². The van der Waals surface area contributed by atoms with Crippen LogP contribution in [0.2, 0.25) is 0 Å².